The Morgan fingerprint density at radius 1 is 1.50 bits per heavy atom. The second kappa shape index (κ2) is 2.82. The predicted octanol–water partition coefficient (Wildman–Crippen LogP) is -0.251. The summed E-state index contributed by atoms with van der Waals surface area (Å²) in [5, 5.41) is 19.2. The van der Waals surface area contributed by atoms with Gasteiger partial charge >= 0.3 is 0 Å². The van der Waals surface area contributed by atoms with E-state index in [1.165, 1.54) is 4.52 Å². The number of nitrogen functional groups attached to an aromatic ring is 1. The molecule has 3 rings (SSSR count). The number of aromatic amines is 1. The second-order valence-corrected chi connectivity index (χ2v) is 3.84. The topological polar surface area (TPSA) is 113 Å². The molecular weight excluding hydrogens is 208 g/mol. The molecule has 0 unspecified atom stereocenters. The number of rotatable bonds is 1. The maximum Gasteiger partial charge on any atom is 0.295 e. The standard InChI is InChI=1S/C9H8N6O/c10-3-5-7(11)14-15-8(5)13-12-6(9(15)16)4-1-2-4/h4,14H,1-2,11H2. The molecule has 2 aromatic rings. The molecule has 0 saturated heterocycles. The molecule has 1 fully saturated rings. The molecular formula is C9H8N6O. The van der Waals surface area contributed by atoms with Crippen LogP contribution in [0.15, 0.2) is 4.79 Å². The van der Waals surface area contributed by atoms with Crippen molar-refractivity contribution in [3.63, 3.8) is 0 Å². The minimum Gasteiger partial charge on any atom is -0.383 e. The number of anilines is 1. The van der Waals surface area contributed by atoms with Gasteiger partial charge in [-0.3, -0.25) is 9.89 Å². The van der Waals surface area contributed by atoms with Crippen molar-refractivity contribution in [3.8, 4) is 6.07 Å². The van der Waals surface area contributed by atoms with E-state index in [0.717, 1.165) is 12.8 Å². The highest BCUT2D eigenvalue weighted by atomic mass is 16.1. The van der Waals surface area contributed by atoms with Crippen LogP contribution in [0.5, 0.6) is 0 Å². The number of hydrogen-bond acceptors (Lipinski definition) is 5. The Bertz CT molecular complexity index is 672. The van der Waals surface area contributed by atoms with Gasteiger partial charge in [-0.25, -0.2) is 0 Å². The van der Waals surface area contributed by atoms with Crippen molar-refractivity contribution in [2.45, 2.75) is 18.8 Å². The largest absolute Gasteiger partial charge is 0.383 e. The van der Waals surface area contributed by atoms with Crippen molar-refractivity contribution >= 4 is 11.5 Å². The quantitative estimate of drug-likeness (QED) is 0.682. The molecule has 0 radical (unpaired) electrons. The van der Waals surface area contributed by atoms with Crippen LogP contribution in [-0.4, -0.2) is 19.8 Å². The number of nitriles is 1. The summed E-state index contributed by atoms with van der Waals surface area (Å²) in [5.74, 6) is 0.355. The summed E-state index contributed by atoms with van der Waals surface area (Å²) in [6.07, 6.45) is 1.94. The Morgan fingerprint density at radius 3 is 2.88 bits per heavy atom. The van der Waals surface area contributed by atoms with E-state index in [-0.39, 0.29) is 28.5 Å². The van der Waals surface area contributed by atoms with Gasteiger partial charge in [0.2, 0.25) is 0 Å². The minimum absolute atomic E-state index is 0.141. The Hall–Kier alpha value is -2.36. The lowest BCUT2D eigenvalue weighted by atomic mass is 10.3. The third-order valence-corrected chi connectivity index (χ3v) is 2.69. The maximum atomic E-state index is 12.0. The molecule has 0 atom stereocenters. The zero-order valence-electron chi connectivity index (χ0n) is 8.27. The van der Waals surface area contributed by atoms with E-state index >= 15 is 0 Å². The molecule has 1 saturated carbocycles. The average Bonchev–Trinajstić information content (AvgIpc) is 3.03. The monoisotopic (exact) mass is 216 g/mol. The third kappa shape index (κ3) is 1.04. The Morgan fingerprint density at radius 2 is 2.25 bits per heavy atom. The highest BCUT2D eigenvalue weighted by Gasteiger charge is 2.29. The summed E-state index contributed by atoms with van der Waals surface area (Å²) in [6, 6.07) is 1.89. The molecule has 7 heteroatoms. The summed E-state index contributed by atoms with van der Waals surface area (Å²) >= 11 is 0. The van der Waals surface area contributed by atoms with E-state index in [9.17, 15) is 4.79 Å². The van der Waals surface area contributed by atoms with Crippen LogP contribution in [0.25, 0.3) is 5.65 Å². The fourth-order valence-corrected chi connectivity index (χ4v) is 1.69. The fraction of sp³-hybridized carbons (Fsp3) is 0.333. The first kappa shape index (κ1) is 8.91. The SMILES string of the molecule is N#Cc1c(N)[nH]n2c(=O)c(C3CC3)nnc12. The van der Waals surface area contributed by atoms with Gasteiger partial charge in [0.1, 0.15) is 23.1 Å². The first-order valence-electron chi connectivity index (χ1n) is 4.89. The van der Waals surface area contributed by atoms with Crippen molar-refractivity contribution in [1.82, 2.24) is 19.8 Å². The number of H-pyrrole nitrogens is 1. The van der Waals surface area contributed by atoms with Gasteiger partial charge in [0.25, 0.3) is 5.56 Å². The van der Waals surface area contributed by atoms with Gasteiger partial charge in [-0.15, -0.1) is 10.2 Å². The van der Waals surface area contributed by atoms with E-state index in [2.05, 4.69) is 15.3 Å². The van der Waals surface area contributed by atoms with Gasteiger partial charge in [0.05, 0.1) is 0 Å². The van der Waals surface area contributed by atoms with E-state index in [1.807, 2.05) is 6.07 Å². The second-order valence-electron chi connectivity index (χ2n) is 3.84. The van der Waals surface area contributed by atoms with E-state index < -0.39 is 0 Å². The fourth-order valence-electron chi connectivity index (χ4n) is 1.69. The lowest BCUT2D eigenvalue weighted by molar-refractivity contribution is 0.795. The van der Waals surface area contributed by atoms with Crippen LogP contribution in [0.1, 0.15) is 30.0 Å². The van der Waals surface area contributed by atoms with Crippen molar-refractivity contribution in [3.05, 3.63) is 21.6 Å². The van der Waals surface area contributed by atoms with Gasteiger partial charge < -0.3 is 5.73 Å². The third-order valence-electron chi connectivity index (χ3n) is 2.69. The number of hydrogen-bond donors (Lipinski definition) is 2. The lowest BCUT2D eigenvalue weighted by Crippen LogP contribution is -2.21. The summed E-state index contributed by atoms with van der Waals surface area (Å²) in [5.41, 5.74) is 6.10. The summed E-state index contributed by atoms with van der Waals surface area (Å²) < 4.78 is 1.19. The predicted molar refractivity (Wildman–Crippen MR) is 54.7 cm³/mol. The van der Waals surface area contributed by atoms with E-state index in [0.29, 0.717) is 5.69 Å². The molecule has 0 amide bonds. The lowest BCUT2D eigenvalue weighted by Gasteiger charge is -1.95. The molecule has 1 aliphatic rings. The van der Waals surface area contributed by atoms with Gasteiger partial charge in [0.15, 0.2) is 5.65 Å². The summed E-state index contributed by atoms with van der Waals surface area (Å²) in [7, 11) is 0. The first-order valence-corrected chi connectivity index (χ1v) is 4.89. The highest BCUT2D eigenvalue weighted by Crippen LogP contribution is 2.37. The van der Waals surface area contributed by atoms with Crippen molar-refractivity contribution in [2.75, 3.05) is 5.73 Å². The molecule has 0 spiro atoms. The van der Waals surface area contributed by atoms with Crippen LogP contribution >= 0.6 is 0 Å². The molecule has 0 aromatic carbocycles. The van der Waals surface area contributed by atoms with Gasteiger partial charge in [-0.1, -0.05) is 0 Å². The Kier molecular flexibility index (Phi) is 1.57. The normalized spacial score (nSPS) is 15.2. The van der Waals surface area contributed by atoms with Crippen LogP contribution in [0, 0.1) is 11.3 Å². The number of nitrogens with two attached hydrogens (primary N) is 1. The number of aromatic nitrogens is 4. The van der Waals surface area contributed by atoms with Crippen LogP contribution in [0.4, 0.5) is 5.82 Å². The Balaban J connectivity index is 2.38. The molecule has 3 N–H and O–H groups in total. The van der Waals surface area contributed by atoms with E-state index in [1.54, 1.807) is 0 Å². The number of nitrogens with one attached hydrogen (secondary N) is 1. The molecule has 2 aromatic heterocycles. The minimum atomic E-state index is -0.263. The maximum absolute atomic E-state index is 12.0. The summed E-state index contributed by atoms with van der Waals surface area (Å²) in [6.45, 7) is 0. The van der Waals surface area contributed by atoms with Crippen LogP contribution in [0.2, 0.25) is 0 Å². The van der Waals surface area contributed by atoms with Crippen LogP contribution in [0.3, 0.4) is 0 Å². The summed E-state index contributed by atoms with van der Waals surface area (Å²) in [4.78, 5) is 12.0. The average molecular weight is 216 g/mol. The molecule has 1 aliphatic carbocycles. The smallest absolute Gasteiger partial charge is 0.295 e. The molecule has 2 heterocycles. The zero-order valence-corrected chi connectivity index (χ0v) is 8.27. The van der Waals surface area contributed by atoms with Crippen LogP contribution in [-0.2, 0) is 0 Å². The van der Waals surface area contributed by atoms with Crippen molar-refractivity contribution in [1.29, 1.82) is 5.26 Å². The molecule has 16 heavy (non-hydrogen) atoms. The van der Waals surface area contributed by atoms with E-state index in [4.69, 9.17) is 11.0 Å². The van der Waals surface area contributed by atoms with Crippen molar-refractivity contribution in [2.24, 2.45) is 0 Å². The van der Waals surface area contributed by atoms with Crippen molar-refractivity contribution < 1.29 is 0 Å². The number of nitrogens with zero attached hydrogens (tertiary/aromatic N) is 4. The van der Waals surface area contributed by atoms with Gasteiger partial charge in [0, 0.05) is 5.92 Å². The molecule has 0 aliphatic heterocycles. The zero-order chi connectivity index (χ0) is 11.3. The molecule has 0 bridgehead atoms. The van der Waals surface area contributed by atoms with Gasteiger partial charge in [-0.05, 0) is 12.8 Å². The molecule has 80 valence electrons. The van der Waals surface area contributed by atoms with Crippen LogP contribution < -0.4 is 11.3 Å². The first-order chi connectivity index (χ1) is 7.72. The number of fused-ring (bicyclic) bond motifs is 1. The molecule has 7 nitrogen and oxygen atoms in total. The Labute approximate surface area is 89.5 Å². The van der Waals surface area contributed by atoms with Gasteiger partial charge in [-0.2, -0.15) is 9.78 Å². The highest BCUT2D eigenvalue weighted by molar-refractivity contribution is 5.65.